The van der Waals surface area contributed by atoms with Crippen LogP contribution in [0.1, 0.15) is 27.1 Å². The number of nitrogens with zero attached hydrogens (tertiary/aromatic N) is 3. The van der Waals surface area contributed by atoms with Gasteiger partial charge >= 0.3 is 0 Å². The van der Waals surface area contributed by atoms with E-state index in [2.05, 4.69) is 15.1 Å². The second-order valence-electron chi connectivity index (χ2n) is 9.60. The van der Waals surface area contributed by atoms with Gasteiger partial charge in [-0.25, -0.2) is 4.39 Å². The van der Waals surface area contributed by atoms with Crippen molar-refractivity contribution in [3.8, 4) is 0 Å². The highest BCUT2D eigenvalue weighted by Crippen LogP contribution is 2.30. The smallest absolute Gasteiger partial charge is 0.263 e. The van der Waals surface area contributed by atoms with Crippen LogP contribution in [0.3, 0.4) is 0 Å². The highest BCUT2D eigenvalue weighted by atomic mass is 35.5. The van der Waals surface area contributed by atoms with Gasteiger partial charge in [0.1, 0.15) is 5.82 Å². The third-order valence-electron chi connectivity index (χ3n) is 6.98. The summed E-state index contributed by atoms with van der Waals surface area (Å²) in [6, 6.07) is 11.0. The third kappa shape index (κ3) is 5.79. The van der Waals surface area contributed by atoms with E-state index in [1.54, 1.807) is 30.3 Å². The van der Waals surface area contributed by atoms with E-state index in [0.29, 0.717) is 42.5 Å². The first-order valence-corrected chi connectivity index (χ1v) is 13.3. The van der Waals surface area contributed by atoms with Crippen LogP contribution in [0.5, 0.6) is 0 Å². The number of nitrogens with one attached hydrogen (secondary N) is 1. The number of carbonyl (C=O) groups is 3. The number of allylic oxidation sites excluding steroid dienone is 3. The summed E-state index contributed by atoms with van der Waals surface area (Å²) in [6.45, 7) is 2.86. The van der Waals surface area contributed by atoms with Crippen molar-refractivity contribution < 1.29 is 23.9 Å². The minimum atomic E-state index is -0.957. The first-order valence-electron chi connectivity index (χ1n) is 12.5. The molecule has 2 aromatic carbocycles. The summed E-state index contributed by atoms with van der Waals surface area (Å²) in [7, 11) is 0. The van der Waals surface area contributed by atoms with Gasteiger partial charge in [0.15, 0.2) is 0 Å². The summed E-state index contributed by atoms with van der Waals surface area (Å²) < 4.78 is 13.2. The molecule has 0 aromatic heterocycles. The van der Waals surface area contributed by atoms with Crippen molar-refractivity contribution in [2.75, 3.05) is 49.5 Å². The normalized spacial score (nSPS) is 18.6. The molecule has 39 heavy (non-hydrogen) atoms. The first kappa shape index (κ1) is 27.1. The van der Waals surface area contributed by atoms with Gasteiger partial charge in [0.25, 0.3) is 17.7 Å². The molecule has 11 heteroatoms. The molecule has 0 radical (unpaired) electrons. The van der Waals surface area contributed by atoms with Crippen molar-refractivity contribution >= 4 is 57.8 Å². The zero-order valence-corrected chi connectivity index (χ0v) is 22.5. The van der Waals surface area contributed by atoms with Crippen molar-refractivity contribution in [1.29, 1.82) is 0 Å². The maximum Gasteiger partial charge on any atom is 0.263 e. The number of aliphatic hydroxyl groups is 1. The predicted molar refractivity (Wildman–Crippen MR) is 151 cm³/mol. The van der Waals surface area contributed by atoms with Crippen LogP contribution in [0.15, 0.2) is 65.2 Å². The SMILES string of the molecule is O=C(Nc1cccc2c1C(=O)N(CC(O)CN1CCN(c3ccc(F)cc3)CC1)C2=O)C1=CC(Cl)=CCC1=S. The van der Waals surface area contributed by atoms with Crippen LogP contribution in [-0.2, 0) is 4.79 Å². The van der Waals surface area contributed by atoms with Crippen LogP contribution in [0.25, 0.3) is 0 Å². The zero-order valence-electron chi connectivity index (χ0n) is 20.9. The van der Waals surface area contributed by atoms with Crippen LogP contribution < -0.4 is 10.2 Å². The Morgan fingerprint density at radius 3 is 2.49 bits per heavy atom. The van der Waals surface area contributed by atoms with Crippen LogP contribution in [-0.4, -0.2) is 82.9 Å². The average molecular weight is 569 g/mol. The molecule has 1 fully saturated rings. The van der Waals surface area contributed by atoms with E-state index in [0.717, 1.165) is 10.6 Å². The number of hydrogen-bond acceptors (Lipinski definition) is 7. The lowest BCUT2D eigenvalue weighted by Gasteiger charge is -2.37. The van der Waals surface area contributed by atoms with Gasteiger partial charge in [-0.2, -0.15) is 0 Å². The Morgan fingerprint density at radius 1 is 1.05 bits per heavy atom. The van der Waals surface area contributed by atoms with Gasteiger partial charge in [-0.15, -0.1) is 0 Å². The Bertz CT molecular complexity index is 1400. The minimum absolute atomic E-state index is 0.0833. The van der Waals surface area contributed by atoms with Crippen LogP contribution in [0.2, 0.25) is 0 Å². The molecule has 2 aromatic rings. The molecule has 0 saturated carbocycles. The number of benzene rings is 2. The molecule has 1 unspecified atom stereocenters. The Balaban J connectivity index is 1.21. The molecule has 2 heterocycles. The molecule has 1 saturated heterocycles. The van der Waals surface area contributed by atoms with Gasteiger partial charge in [0, 0.05) is 54.7 Å². The van der Waals surface area contributed by atoms with Gasteiger partial charge in [-0.3, -0.25) is 24.2 Å². The highest BCUT2D eigenvalue weighted by molar-refractivity contribution is 7.81. The van der Waals surface area contributed by atoms with E-state index in [9.17, 15) is 23.9 Å². The lowest BCUT2D eigenvalue weighted by atomic mass is 10.0. The topological polar surface area (TPSA) is 93.2 Å². The molecule has 0 spiro atoms. The molecular formula is C28H26ClFN4O4S. The molecular weight excluding hydrogens is 543 g/mol. The lowest BCUT2D eigenvalue weighted by molar-refractivity contribution is -0.112. The van der Waals surface area contributed by atoms with E-state index < -0.39 is 23.8 Å². The summed E-state index contributed by atoms with van der Waals surface area (Å²) in [5.41, 5.74) is 1.61. The fourth-order valence-corrected chi connectivity index (χ4v) is 5.39. The van der Waals surface area contributed by atoms with E-state index in [1.807, 2.05) is 0 Å². The van der Waals surface area contributed by atoms with Crippen molar-refractivity contribution in [2.45, 2.75) is 12.5 Å². The standard InChI is InChI=1S/C28H26ClFN4O4S/c29-17-4-9-24(39)22(14-17)26(36)31-23-3-1-2-21-25(23)28(38)34(27(21)37)16-20(35)15-32-10-12-33(13-11-32)19-7-5-18(30)6-8-19/h1-8,14,20,35H,9-13,15-16H2,(H,31,36). The van der Waals surface area contributed by atoms with E-state index in [-0.39, 0.29) is 41.3 Å². The second kappa shape index (κ2) is 11.4. The Labute approximate surface area is 235 Å². The Kier molecular flexibility index (Phi) is 7.90. The molecule has 2 aliphatic heterocycles. The highest BCUT2D eigenvalue weighted by Gasteiger charge is 2.39. The van der Waals surface area contributed by atoms with Crippen molar-refractivity contribution in [3.05, 3.63) is 82.2 Å². The number of carbonyl (C=O) groups excluding carboxylic acids is 3. The summed E-state index contributed by atoms with van der Waals surface area (Å²) in [5, 5.41) is 13.9. The number of rotatable bonds is 7. The molecule has 2 N–H and O–H groups in total. The second-order valence-corrected chi connectivity index (χ2v) is 10.5. The van der Waals surface area contributed by atoms with Gasteiger partial charge < -0.3 is 15.3 Å². The number of halogens is 2. The fraction of sp³-hybridized carbons (Fsp3) is 0.286. The Hall–Kier alpha value is -3.44. The number of piperazine rings is 1. The number of hydrogen-bond donors (Lipinski definition) is 2. The molecule has 0 bridgehead atoms. The number of aliphatic hydroxyl groups excluding tert-OH is 1. The van der Waals surface area contributed by atoms with Gasteiger partial charge in [-0.05, 0) is 42.5 Å². The summed E-state index contributed by atoms with van der Waals surface area (Å²) in [5.74, 6) is -1.90. The predicted octanol–water partition coefficient (Wildman–Crippen LogP) is 3.37. The summed E-state index contributed by atoms with van der Waals surface area (Å²) >= 11 is 11.3. The summed E-state index contributed by atoms with van der Waals surface area (Å²) in [4.78, 5) is 44.9. The number of amides is 3. The fourth-order valence-electron chi connectivity index (χ4n) is 4.97. The van der Waals surface area contributed by atoms with E-state index in [1.165, 1.54) is 24.3 Å². The molecule has 3 amide bonds. The van der Waals surface area contributed by atoms with Gasteiger partial charge in [0.05, 0.1) is 35.0 Å². The number of thiocarbonyl (C=S) groups is 1. The monoisotopic (exact) mass is 568 g/mol. The first-order chi connectivity index (χ1) is 18.7. The number of β-amino-alcohol motifs (C(OH)–C–C–N with tert-alkyl or cyclic N) is 1. The van der Waals surface area contributed by atoms with Crippen LogP contribution in [0.4, 0.5) is 15.8 Å². The Morgan fingerprint density at radius 2 is 1.77 bits per heavy atom. The number of anilines is 2. The van der Waals surface area contributed by atoms with Crippen LogP contribution in [0, 0.1) is 5.82 Å². The van der Waals surface area contributed by atoms with Crippen LogP contribution >= 0.6 is 23.8 Å². The molecule has 202 valence electrons. The molecule has 1 aliphatic carbocycles. The van der Waals surface area contributed by atoms with E-state index >= 15 is 0 Å². The molecule has 3 aliphatic rings. The quantitative estimate of drug-likeness (QED) is 0.391. The zero-order chi connectivity index (χ0) is 27.7. The van der Waals surface area contributed by atoms with Crippen molar-refractivity contribution in [3.63, 3.8) is 0 Å². The van der Waals surface area contributed by atoms with E-state index in [4.69, 9.17) is 23.8 Å². The lowest BCUT2D eigenvalue weighted by Crippen LogP contribution is -2.50. The van der Waals surface area contributed by atoms with Gasteiger partial charge in [-0.1, -0.05) is 36.0 Å². The largest absolute Gasteiger partial charge is 0.390 e. The molecule has 5 rings (SSSR count). The third-order valence-corrected chi connectivity index (χ3v) is 7.63. The summed E-state index contributed by atoms with van der Waals surface area (Å²) in [6.07, 6.45) is 2.59. The van der Waals surface area contributed by atoms with Crippen molar-refractivity contribution in [1.82, 2.24) is 9.80 Å². The molecule has 8 nitrogen and oxygen atoms in total. The van der Waals surface area contributed by atoms with Gasteiger partial charge in [0.2, 0.25) is 0 Å². The maximum absolute atomic E-state index is 13.3. The van der Waals surface area contributed by atoms with Crippen molar-refractivity contribution in [2.24, 2.45) is 0 Å². The number of imide groups is 1. The molecule has 1 atom stereocenters. The maximum atomic E-state index is 13.3. The average Bonchev–Trinajstić information content (AvgIpc) is 3.16. The minimum Gasteiger partial charge on any atom is -0.390 e. The number of fused-ring (bicyclic) bond motifs is 1.